The largest absolute Gasteiger partial charge is 0.481 e. The number of rotatable bonds is 3. The molecule has 0 radical (unpaired) electrons. The lowest BCUT2D eigenvalue weighted by Gasteiger charge is -2.33. The minimum absolute atomic E-state index is 0.165. The second-order valence-electron chi connectivity index (χ2n) is 4.84. The number of piperidine rings is 1. The average molecular weight is 339 g/mol. The Bertz CT molecular complexity index is 709. The molecule has 6 nitrogen and oxygen atoms in total. The molecule has 2 N–H and O–H groups in total. The van der Waals surface area contributed by atoms with Crippen molar-refractivity contribution in [3.05, 3.63) is 29.6 Å². The Morgan fingerprint density at radius 1 is 1.23 bits per heavy atom. The first-order chi connectivity index (χ1) is 10.2. The van der Waals surface area contributed by atoms with Crippen LogP contribution in [-0.2, 0) is 14.8 Å². The first-order valence-electron chi connectivity index (χ1n) is 6.20. The summed E-state index contributed by atoms with van der Waals surface area (Å²) in [7, 11) is -4.54. The summed E-state index contributed by atoms with van der Waals surface area (Å²) in [6.07, 6.45) is -1.40. The van der Waals surface area contributed by atoms with Gasteiger partial charge in [0.05, 0.1) is 12.0 Å². The maximum atomic E-state index is 13.7. The lowest BCUT2D eigenvalue weighted by molar-refractivity contribution is -0.147. The summed E-state index contributed by atoms with van der Waals surface area (Å²) in [6.45, 7) is -0.844. The smallest absolute Gasteiger partial charge is 0.310 e. The van der Waals surface area contributed by atoms with Gasteiger partial charge in [0.25, 0.3) is 0 Å². The van der Waals surface area contributed by atoms with Gasteiger partial charge in [-0.3, -0.25) is 4.79 Å². The second-order valence-corrected chi connectivity index (χ2v) is 6.74. The summed E-state index contributed by atoms with van der Waals surface area (Å²) in [5, 5.41) is 18.5. The third-order valence-corrected chi connectivity index (χ3v) is 5.36. The summed E-state index contributed by atoms with van der Waals surface area (Å²) in [6, 6.07) is 1.04. The maximum Gasteiger partial charge on any atom is 0.310 e. The second kappa shape index (κ2) is 5.86. The van der Waals surface area contributed by atoms with Crippen LogP contribution in [0.2, 0.25) is 0 Å². The zero-order valence-corrected chi connectivity index (χ0v) is 11.9. The molecule has 10 heteroatoms. The van der Waals surface area contributed by atoms with Gasteiger partial charge in [0.2, 0.25) is 10.0 Å². The molecule has 0 aliphatic carbocycles. The van der Waals surface area contributed by atoms with Gasteiger partial charge < -0.3 is 10.2 Å². The van der Waals surface area contributed by atoms with E-state index in [4.69, 9.17) is 5.11 Å². The summed E-state index contributed by atoms with van der Waals surface area (Å²) < 4.78 is 64.9. The highest BCUT2D eigenvalue weighted by Gasteiger charge is 2.39. The average Bonchev–Trinajstić information content (AvgIpc) is 2.44. The van der Waals surface area contributed by atoms with E-state index in [2.05, 4.69) is 0 Å². The normalized spacial score (nSPS) is 23.5. The van der Waals surface area contributed by atoms with Gasteiger partial charge in [-0.15, -0.1) is 0 Å². The van der Waals surface area contributed by atoms with Crippen LogP contribution in [0.3, 0.4) is 0 Å². The van der Waals surface area contributed by atoms with E-state index in [0.717, 1.165) is 0 Å². The van der Waals surface area contributed by atoms with Gasteiger partial charge in [0.1, 0.15) is 4.90 Å². The van der Waals surface area contributed by atoms with Crippen molar-refractivity contribution in [2.45, 2.75) is 17.4 Å². The lowest BCUT2D eigenvalue weighted by atomic mass is 9.96. The van der Waals surface area contributed by atoms with Gasteiger partial charge in [-0.1, -0.05) is 0 Å². The molecule has 1 saturated heterocycles. The number of nitrogens with zero attached hydrogens (tertiary/aromatic N) is 1. The van der Waals surface area contributed by atoms with E-state index in [9.17, 15) is 31.5 Å². The molecule has 1 heterocycles. The van der Waals surface area contributed by atoms with Crippen LogP contribution in [0.25, 0.3) is 0 Å². The van der Waals surface area contributed by atoms with Crippen LogP contribution < -0.4 is 0 Å². The van der Waals surface area contributed by atoms with E-state index in [1.54, 1.807) is 0 Å². The van der Waals surface area contributed by atoms with Crippen molar-refractivity contribution in [1.82, 2.24) is 4.31 Å². The number of carboxylic acids is 1. The molecule has 2 rings (SSSR count). The van der Waals surface area contributed by atoms with Crippen LogP contribution in [0.1, 0.15) is 6.42 Å². The molecule has 1 aliphatic heterocycles. The molecule has 1 aromatic rings. The Hall–Kier alpha value is -1.65. The molecule has 1 fully saturated rings. The third-order valence-electron chi connectivity index (χ3n) is 3.47. The van der Waals surface area contributed by atoms with E-state index >= 15 is 0 Å². The van der Waals surface area contributed by atoms with E-state index in [-0.39, 0.29) is 13.0 Å². The molecular formula is C12H12F3NO5S. The predicted molar refractivity (Wildman–Crippen MR) is 66.8 cm³/mol. The number of halogens is 3. The van der Waals surface area contributed by atoms with Crippen molar-refractivity contribution >= 4 is 16.0 Å². The standard InChI is InChI=1S/C12H12F3NO5S/c13-7-1-2-9(11(15)10(7)14)22(20,21)16-4-3-8(17)6(5-16)12(18)19/h1-2,6,8,17H,3-5H2,(H,18,19)/t6-,8-/m0/s1. The van der Waals surface area contributed by atoms with Gasteiger partial charge in [-0.2, -0.15) is 4.31 Å². The number of hydrogen-bond acceptors (Lipinski definition) is 4. The van der Waals surface area contributed by atoms with Crippen LogP contribution in [0, 0.1) is 23.4 Å². The molecule has 122 valence electrons. The summed E-state index contributed by atoms with van der Waals surface area (Å²) >= 11 is 0. The quantitative estimate of drug-likeness (QED) is 0.785. The molecule has 0 spiro atoms. The Labute approximate surface area is 123 Å². The molecule has 0 bridgehead atoms. The third kappa shape index (κ3) is 2.81. The minimum Gasteiger partial charge on any atom is -0.481 e. The summed E-state index contributed by atoms with van der Waals surface area (Å²) in [4.78, 5) is 9.90. The van der Waals surface area contributed by atoms with Crippen LogP contribution in [0.4, 0.5) is 13.2 Å². The summed E-state index contributed by atoms with van der Waals surface area (Å²) in [5.41, 5.74) is 0. The molecule has 0 amide bonds. The Kier molecular flexibility index (Phi) is 4.45. The van der Waals surface area contributed by atoms with E-state index in [1.165, 1.54) is 0 Å². The zero-order chi connectivity index (χ0) is 16.7. The molecule has 22 heavy (non-hydrogen) atoms. The first kappa shape index (κ1) is 16.7. The monoisotopic (exact) mass is 339 g/mol. The number of hydrogen-bond donors (Lipinski definition) is 2. The number of carbonyl (C=O) groups is 1. The highest BCUT2D eigenvalue weighted by molar-refractivity contribution is 7.89. The highest BCUT2D eigenvalue weighted by atomic mass is 32.2. The van der Waals surface area contributed by atoms with Gasteiger partial charge in [-0.05, 0) is 18.6 Å². The highest BCUT2D eigenvalue weighted by Crippen LogP contribution is 2.27. The molecule has 0 aromatic heterocycles. The van der Waals surface area contributed by atoms with E-state index < -0.39 is 56.9 Å². The lowest BCUT2D eigenvalue weighted by Crippen LogP contribution is -2.48. The Morgan fingerprint density at radius 3 is 2.45 bits per heavy atom. The fourth-order valence-electron chi connectivity index (χ4n) is 2.22. The van der Waals surface area contributed by atoms with Crippen LogP contribution in [0.15, 0.2) is 17.0 Å². The van der Waals surface area contributed by atoms with Crippen molar-refractivity contribution in [2.75, 3.05) is 13.1 Å². The van der Waals surface area contributed by atoms with E-state index in [1.807, 2.05) is 0 Å². The molecule has 0 unspecified atom stereocenters. The van der Waals surface area contributed by atoms with Gasteiger partial charge in [-0.25, -0.2) is 21.6 Å². The van der Waals surface area contributed by atoms with Gasteiger partial charge in [0, 0.05) is 13.1 Å². The van der Waals surface area contributed by atoms with Crippen LogP contribution in [-0.4, -0.2) is 48.1 Å². The predicted octanol–water partition coefficient (Wildman–Crippen LogP) is 0.560. The van der Waals surface area contributed by atoms with Crippen molar-refractivity contribution in [3.8, 4) is 0 Å². The van der Waals surface area contributed by atoms with Crippen LogP contribution >= 0.6 is 0 Å². The minimum atomic E-state index is -4.54. The topological polar surface area (TPSA) is 94.9 Å². The van der Waals surface area contributed by atoms with Gasteiger partial charge >= 0.3 is 5.97 Å². The first-order valence-corrected chi connectivity index (χ1v) is 7.64. The zero-order valence-electron chi connectivity index (χ0n) is 11.0. The number of aliphatic hydroxyl groups excluding tert-OH is 1. The fourth-order valence-corrected chi connectivity index (χ4v) is 3.75. The van der Waals surface area contributed by atoms with Crippen molar-refractivity contribution in [2.24, 2.45) is 5.92 Å². The number of aliphatic hydroxyl groups is 1. The number of carboxylic acid groups (broad SMARTS) is 1. The fraction of sp³-hybridized carbons (Fsp3) is 0.417. The molecule has 0 saturated carbocycles. The Morgan fingerprint density at radius 2 is 1.86 bits per heavy atom. The molecule has 1 aromatic carbocycles. The number of aliphatic carboxylic acids is 1. The van der Waals surface area contributed by atoms with Crippen LogP contribution in [0.5, 0.6) is 0 Å². The van der Waals surface area contributed by atoms with Crippen molar-refractivity contribution in [1.29, 1.82) is 0 Å². The summed E-state index contributed by atoms with van der Waals surface area (Å²) in [5.74, 6) is -8.10. The van der Waals surface area contributed by atoms with Crippen molar-refractivity contribution < 1.29 is 36.6 Å². The number of sulfonamides is 1. The molecule has 1 aliphatic rings. The SMILES string of the molecule is O=C(O)[C@H]1CN(S(=O)(=O)c2ccc(F)c(F)c2F)CC[C@@H]1O. The molecular weight excluding hydrogens is 327 g/mol. The van der Waals surface area contributed by atoms with Crippen molar-refractivity contribution in [3.63, 3.8) is 0 Å². The Balaban J connectivity index is 2.39. The van der Waals surface area contributed by atoms with Gasteiger partial charge in [0.15, 0.2) is 17.5 Å². The number of benzene rings is 1. The molecule has 2 atom stereocenters. The van der Waals surface area contributed by atoms with E-state index in [0.29, 0.717) is 16.4 Å². The maximum absolute atomic E-state index is 13.7.